The van der Waals surface area contributed by atoms with Crippen molar-refractivity contribution in [3.8, 4) is 0 Å². The van der Waals surface area contributed by atoms with Crippen molar-refractivity contribution in [2.75, 3.05) is 0 Å². The van der Waals surface area contributed by atoms with E-state index in [0.717, 1.165) is 17.8 Å². The number of fused-ring (bicyclic) bond motifs is 1. The number of hydrogen-bond acceptors (Lipinski definition) is 1. The van der Waals surface area contributed by atoms with Crippen LogP contribution in [0.5, 0.6) is 0 Å². The van der Waals surface area contributed by atoms with Gasteiger partial charge in [0, 0.05) is 12.4 Å². The van der Waals surface area contributed by atoms with E-state index in [1.165, 1.54) is 11.1 Å². The molecule has 1 aromatic heterocycles. The molecule has 80 valence electrons. The van der Waals surface area contributed by atoms with Crippen LogP contribution in [-0.2, 0) is 13.5 Å². The van der Waals surface area contributed by atoms with Gasteiger partial charge in [-0.25, -0.2) is 4.98 Å². The maximum Gasteiger partial charge on any atom is 0.106 e. The van der Waals surface area contributed by atoms with Crippen LogP contribution >= 0.6 is 11.6 Å². The molecule has 0 N–H and O–H groups in total. The summed E-state index contributed by atoms with van der Waals surface area (Å²) < 4.78 is 2.10. The van der Waals surface area contributed by atoms with Gasteiger partial charge in [-0.2, -0.15) is 0 Å². The largest absolute Gasteiger partial charge is 0.331 e. The van der Waals surface area contributed by atoms with Gasteiger partial charge >= 0.3 is 0 Å². The lowest BCUT2D eigenvalue weighted by Crippen LogP contribution is -1.96. The van der Waals surface area contributed by atoms with Crippen LogP contribution in [0.15, 0.2) is 18.2 Å². The summed E-state index contributed by atoms with van der Waals surface area (Å²) in [5.74, 6) is 1.04. The van der Waals surface area contributed by atoms with Crippen molar-refractivity contribution in [1.29, 1.82) is 0 Å². The monoisotopic (exact) mass is 222 g/mol. The maximum atomic E-state index is 5.97. The Labute approximate surface area is 94.9 Å². The number of halogens is 1. The lowest BCUT2D eigenvalue weighted by Gasteiger charge is -2.03. The Balaban J connectivity index is 2.47. The number of aromatic nitrogens is 2. The number of nitrogens with zero attached hydrogens (tertiary/aromatic N) is 2. The molecule has 0 fully saturated rings. The molecule has 1 unspecified atom stereocenters. The first kappa shape index (κ1) is 10.5. The lowest BCUT2D eigenvalue weighted by molar-refractivity contribution is 0.885. The summed E-state index contributed by atoms with van der Waals surface area (Å²) in [6.45, 7) is 4.03. The second kappa shape index (κ2) is 3.86. The Hall–Kier alpha value is -1.02. The van der Waals surface area contributed by atoms with Crippen LogP contribution in [0.3, 0.4) is 0 Å². The minimum absolute atomic E-state index is 0.173. The van der Waals surface area contributed by atoms with Gasteiger partial charge in [0.2, 0.25) is 0 Å². The van der Waals surface area contributed by atoms with Gasteiger partial charge in [0.05, 0.1) is 11.0 Å². The highest BCUT2D eigenvalue weighted by atomic mass is 35.5. The minimum atomic E-state index is 0.173. The molecule has 0 aliphatic heterocycles. The molecule has 2 aromatic rings. The second-order valence-corrected chi connectivity index (χ2v) is 4.77. The summed E-state index contributed by atoms with van der Waals surface area (Å²) in [4.78, 5) is 4.50. The van der Waals surface area contributed by atoms with E-state index in [2.05, 4.69) is 27.8 Å². The Bertz CT molecular complexity index is 486. The molecule has 0 radical (unpaired) electrons. The van der Waals surface area contributed by atoms with Crippen molar-refractivity contribution < 1.29 is 0 Å². The fraction of sp³-hybridized carbons (Fsp3) is 0.417. The van der Waals surface area contributed by atoms with Crippen LogP contribution in [0, 0.1) is 6.92 Å². The van der Waals surface area contributed by atoms with Gasteiger partial charge in [0.25, 0.3) is 0 Å². The molecule has 0 saturated carbocycles. The predicted molar refractivity (Wildman–Crippen MR) is 64.5 cm³/mol. The molecule has 1 heterocycles. The van der Waals surface area contributed by atoms with E-state index in [0.29, 0.717) is 0 Å². The van der Waals surface area contributed by atoms with E-state index in [1.807, 2.05) is 20.9 Å². The normalized spacial score (nSPS) is 13.3. The van der Waals surface area contributed by atoms with E-state index in [1.54, 1.807) is 0 Å². The van der Waals surface area contributed by atoms with Gasteiger partial charge in [-0.3, -0.25) is 0 Å². The number of alkyl halides is 1. The van der Waals surface area contributed by atoms with Gasteiger partial charge in [0.15, 0.2) is 0 Å². The first-order chi connectivity index (χ1) is 7.08. The third-order valence-corrected chi connectivity index (χ3v) is 2.84. The molecule has 0 amide bonds. The highest BCUT2D eigenvalue weighted by Crippen LogP contribution is 2.18. The summed E-state index contributed by atoms with van der Waals surface area (Å²) in [7, 11) is 2.04. The minimum Gasteiger partial charge on any atom is -0.331 e. The Morgan fingerprint density at radius 1 is 1.47 bits per heavy atom. The molecule has 1 atom stereocenters. The summed E-state index contributed by atoms with van der Waals surface area (Å²) in [5.41, 5.74) is 3.49. The second-order valence-electron chi connectivity index (χ2n) is 4.03. The van der Waals surface area contributed by atoms with Crippen LogP contribution in [0.2, 0.25) is 0 Å². The molecular weight excluding hydrogens is 208 g/mol. The van der Waals surface area contributed by atoms with Gasteiger partial charge in [-0.05, 0) is 38.0 Å². The van der Waals surface area contributed by atoms with E-state index >= 15 is 0 Å². The number of benzene rings is 1. The third kappa shape index (κ3) is 2.00. The molecular formula is C12H15ClN2. The molecule has 0 aliphatic rings. The number of rotatable bonds is 2. The van der Waals surface area contributed by atoms with Crippen LogP contribution in [0.1, 0.15) is 18.3 Å². The number of aryl methyl sites for hydroxylation is 2. The van der Waals surface area contributed by atoms with Crippen molar-refractivity contribution in [1.82, 2.24) is 9.55 Å². The fourth-order valence-electron chi connectivity index (χ4n) is 1.82. The fourth-order valence-corrected chi connectivity index (χ4v) is 2.00. The Kier molecular flexibility index (Phi) is 2.70. The van der Waals surface area contributed by atoms with Crippen molar-refractivity contribution in [3.05, 3.63) is 29.6 Å². The van der Waals surface area contributed by atoms with Crippen LogP contribution in [0.25, 0.3) is 11.0 Å². The summed E-state index contributed by atoms with van der Waals surface area (Å²) in [6, 6.07) is 6.37. The Morgan fingerprint density at radius 3 is 2.87 bits per heavy atom. The zero-order valence-electron chi connectivity index (χ0n) is 9.29. The van der Waals surface area contributed by atoms with Crippen molar-refractivity contribution in [2.24, 2.45) is 7.05 Å². The van der Waals surface area contributed by atoms with E-state index in [4.69, 9.17) is 11.6 Å². The molecule has 1 aromatic carbocycles. The maximum absolute atomic E-state index is 5.97. The average Bonchev–Trinajstić information content (AvgIpc) is 2.41. The van der Waals surface area contributed by atoms with E-state index in [9.17, 15) is 0 Å². The molecule has 0 bridgehead atoms. The zero-order valence-corrected chi connectivity index (χ0v) is 10.0. The summed E-state index contributed by atoms with van der Waals surface area (Å²) in [6.07, 6.45) is 0.896. The van der Waals surface area contributed by atoms with Gasteiger partial charge in [-0.15, -0.1) is 11.6 Å². The smallest absolute Gasteiger partial charge is 0.106 e. The number of hydrogen-bond donors (Lipinski definition) is 0. The summed E-state index contributed by atoms with van der Waals surface area (Å²) in [5, 5.41) is 0.173. The van der Waals surface area contributed by atoms with Crippen LogP contribution < -0.4 is 0 Å². The molecule has 2 nitrogen and oxygen atoms in total. The SMILES string of the molecule is Cc1nc2cc(CC(C)Cl)ccc2n1C. The first-order valence-electron chi connectivity index (χ1n) is 5.14. The van der Waals surface area contributed by atoms with Gasteiger partial charge < -0.3 is 4.57 Å². The average molecular weight is 223 g/mol. The predicted octanol–water partition coefficient (Wildman–Crippen LogP) is 3.05. The molecule has 0 spiro atoms. The van der Waals surface area contributed by atoms with Crippen molar-refractivity contribution in [2.45, 2.75) is 25.6 Å². The highest BCUT2D eigenvalue weighted by Gasteiger charge is 2.06. The van der Waals surface area contributed by atoms with E-state index < -0.39 is 0 Å². The standard InChI is InChI=1S/C12H15ClN2/c1-8(13)6-10-4-5-12-11(7-10)14-9(2)15(12)3/h4-5,7-8H,6H2,1-3H3. The van der Waals surface area contributed by atoms with Crippen molar-refractivity contribution in [3.63, 3.8) is 0 Å². The number of imidazole rings is 1. The van der Waals surface area contributed by atoms with Crippen LogP contribution in [0.4, 0.5) is 0 Å². The molecule has 3 heteroatoms. The first-order valence-corrected chi connectivity index (χ1v) is 5.57. The topological polar surface area (TPSA) is 17.8 Å². The molecule has 2 rings (SSSR count). The van der Waals surface area contributed by atoms with Gasteiger partial charge in [0.1, 0.15) is 5.82 Å². The lowest BCUT2D eigenvalue weighted by atomic mass is 10.1. The Morgan fingerprint density at radius 2 is 2.20 bits per heavy atom. The van der Waals surface area contributed by atoms with Gasteiger partial charge in [-0.1, -0.05) is 6.07 Å². The summed E-state index contributed by atoms with van der Waals surface area (Å²) >= 11 is 5.97. The molecule has 0 aliphatic carbocycles. The third-order valence-electron chi connectivity index (χ3n) is 2.69. The van der Waals surface area contributed by atoms with Crippen molar-refractivity contribution >= 4 is 22.6 Å². The quantitative estimate of drug-likeness (QED) is 0.715. The van der Waals surface area contributed by atoms with E-state index in [-0.39, 0.29) is 5.38 Å². The highest BCUT2D eigenvalue weighted by molar-refractivity contribution is 6.20. The van der Waals surface area contributed by atoms with Crippen LogP contribution in [-0.4, -0.2) is 14.9 Å². The zero-order chi connectivity index (χ0) is 11.0. The molecule has 15 heavy (non-hydrogen) atoms. The molecule has 0 saturated heterocycles.